The molecule has 0 aromatic carbocycles. The average Bonchev–Trinajstić information content (AvgIpc) is 2.47. The summed E-state index contributed by atoms with van der Waals surface area (Å²) in [5.41, 5.74) is 1.79. The van der Waals surface area contributed by atoms with E-state index >= 15 is 0 Å². The van der Waals surface area contributed by atoms with E-state index < -0.39 is 5.60 Å². The third kappa shape index (κ3) is 4.88. The van der Waals surface area contributed by atoms with Gasteiger partial charge in [-0.2, -0.15) is 0 Å². The lowest BCUT2D eigenvalue weighted by atomic mass is 9.71. The summed E-state index contributed by atoms with van der Waals surface area (Å²) in [6.07, 6.45) is 8.64. The van der Waals surface area contributed by atoms with Gasteiger partial charge in [-0.15, -0.1) is 0 Å². The van der Waals surface area contributed by atoms with Crippen LogP contribution in [0.4, 0.5) is 11.4 Å². The molecule has 0 saturated heterocycles. The second-order valence-electron chi connectivity index (χ2n) is 7.13. The molecule has 1 heterocycles. The Balaban J connectivity index is 1.88. The Kier molecular flexibility index (Phi) is 5.09. The lowest BCUT2D eigenvalue weighted by Gasteiger charge is -2.40. The zero-order valence-electron chi connectivity index (χ0n) is 13.6. The van der Waals surface area contributed by atoms with Gasteiger partial charge in [-0.3, -0.25) is 4.98 Å². The molecule has 3 N–H and O–H groups in total. The summed E-state index contributed by atoms with van der Waals surface area (Å²) >= 11 is 0. The third-order valence-corrected chi connectivity index (χ3v) is 4.47. The number of nitrogens with one attached hydrogen (secondary N) is 2. The van der Waals surface area contributed by atoms with Gasteiger partial charge in [0.2, 0.25) is 0 Å². The summed E-state index contributed by atoms with van der Waals surface area (Å²) in [6.45, 7) is 8.26. The number of hydrogen-bond donors (Lipinski definition) is 3. The predicted molar refractivity (Wildman–Crippen MR) is 88.7 cm³/mol. The molecule has 1 fully saturated rings. The Morgan fingerprint density at radius 1 is 1.10 bits per heavy atom. The second kappa shape index (κ2) is 6.65. The fraction of sp³-hybridized carbons (Fsp3) is 0.706. The summed E-state index contributed by atoms with van der Waals surface area (Å²) in [7, 11) is 0. The van der Waals surface area contributed by atoms with Crippen molar-refractivity contribution in [3.63, 3.8) is 0 Å². The van der Waals surface area contributed by atoms with Gasteiger partial charge >= 0.3 is 0 Å². The zero-order valence-corrected chi connectivity index (χ0v) is 13.6. The number of hydrogen-bond acceptors (Lipinski definition) is 4. The van der Waals surface area contributed by atoms with Crippen LogP contribution in [0.5, 0.6) is 0 Å². The molecule has 0 atom stereocenters. The highest BCUT2D eigenvalue weighted by Gasteiger charge is 2.36. The fourth-order valence-corrected chi connectivity index (χ4v) is 2.74. The maximum atomic E-state index is 10.7. The molecule has 2 rings (SSSR count). The van der Waals surface area contributed by atoms with Gasteiger partial charge in [0.15, 0.2) is 0 Å². The molecule has 1 aromatic heterocycles. The fourth-order valence-electron chi connectivity index (χ4n) is 2.74. The molecule has 1 aliphatic rings. The Morgan fingerprint density at radius 2 is 1.71 bits per heavy atom. The maximum absolute atomic E-state index is 10.7. The molecule has 0 radical (unpaired) electrons. The van der Waals surface area contributed by atoms with E-state index in [-0.39, 0.29) is 0 Å². The largest absolute Gasteiger partial charge is 0.388 e. The van der Waals surface area contributed by atoms with Crippen molar-refractivity contribution in [3.8, 4) is 0 Å². The highest BCUT2D eigenvalue weighted by atomic mass is 16.3. The van der Waals surface area contributed by atoms with E-state index in [1.54, 1.807) is 0 Å². The van der Waals surface area contributed by atoms with Crippen LogP contribution in [0.2, 0.25) is 0 Å². The summed E-state index contributed by atoms with van der Waals surface area (Å²) < 4.78 is 0. The zero-order chi connectivity index (χ0) is 15.3. The van der Waals surface area contributed by atoms with Crippen molar-refractivity contribution < 1.29 is 5.11 Å². The lowest BCUT2D eigenvalue weighted by Crippen LogP contribution is -2.42. The van der Waals surface area contributed by atoms with Crippen molar-refractivity contribution >= 4 is 11.4 Å². The van der Waals surface area contributed by atoms with Gasteiger partial charge in [-0.1, -0.05) is 20.8 Å². The number of pyridine rings is 1. The van der Waals surface area contributed by atoms with Gasteiger partial charge in [-0.05, 0) is 43.6 Å². The van der Waals surface area contributed by atoms with E-state index in [9.17, 15) is 5.11 Å². The number of aliphatic hydroxyl groups is 1. The Bertz CT molecular complexity index is 449. The standard InChI is InChI=1S/C17H29N3O/c1-4-9-19-14-10-15(12-18-11-14)20-13-17(21)7-5-16(2,3)6-8-17/h10-12,19-21H,4-9,13H2,1-3H3. The second-order valence-corrected chi connectivity index (χ2v) is 7.13. The highest BCUT2D eigenvalue weighted by molar-refractivity contribution is 5.54. The summed E-state index contributed by atoms with van der Waals surface area (Å²) in [4.78, 5) is 4.24. The molecule has 118 valence electrons. The summed E-state index contributed by atoms with van der Waals surface area (Å²) in [6, 6.07) is 2.05. The summed E-state index contributed by atoms with van der Waals surface area (Å²) in [5.74, 6) is 0. The Hall–Kier alpha value is -1.29. The summed E-state index contributed by atoms with van der Waals surface area (Å²) in [5, 5.41) is 17.4. The van der Waals surface area contributed by atoms with Crippen LogP contribution in [-0.2, 0) is 0 Å². The first-order chi connectivity index (χ1) is 9.92. The highest BCUT2D eigenvalue weighted by Crippen LogP contribution is 2.40. The first kappa shape index (κ1) is 16.1. The molecular formula is C17H29N3O. The van der Waals surface area contributed by atoms with E-state index in [1.807, 2.05) is 12.4 Å². The van der Waals surface area contributed by atoms with Gasteiger partial charge in [0, 0.05) is 13.1 Å². The molecule has 1 aromatic rings. The van der Waals surface area contributed by atoms with Crippen LogP contribution in [0.25, 0.3) is 0 Å². The molecule has 1 aliphatic carbocycles. The third-order valence-electron chi connectivity index (χ3n) is 4.47. The van der Waals surface area contributed by atoms with Gasteiger partial charge in [0.05, 0.1) is 29.4 Å². The molecule has 4 heteroatoms. The molecule has 1 saturated carbocycles. The van der Waals surface area contributed by atoms with Gasteiger partial charge in [0.1, 0.15) is 0 Å². The quantitative estimate of drug-likeness (QED) is 0.749. The van der Waals surface area contributed by atoms with Gasteiger partial charge < -0.3 is 15.7 Å². The van der Waals surface area contributed by atoms with Crippen LogP contribution in [0.1, 0.15) is 52.9 Å². The molecular weight excluding hydrogens is 262 g/mol. The monoisotopic (exact) mass is 291 g/mol. The van der Waals surface area contributed by atoms with Gasteiger partial charge in [0.25, 0.3) is 0 Å². The Morgan fingerprint density at radius 3 is 2.33 bits per heavy atom. The van der Waals surface area contributed by atoms with Gasteiger partial charge in [-0.25, -0.2) is 0 Å². The smallest absolute Gasteiger partial charge is 0.0819 e. The van der Waals surface area contributed by atoms with Crippen molar-refractivity contribution in [2.75, 3.05) is 23.7 Å². The van der Waals surface area contributed by atoms with Crippen molar-refractivity contribution in [3.05, 3.63) is 18.5 Å². The number of aromatic nitrogens is 1. The van der Waals surface area contributed by atoms with E-state index in [1.165, 1.54) is 0 Å². The molecule has 0 spiro atoms. The molecule has 0 aliphatic heterocycles. The predicted octanol–water partition coefficient (Wildman–Crippen LogP) is 3.65. The average molecular weight is 291 g/mol. The SMILES string of the molecule is CCCNc1cncc(NCC2(O)CCC(C)(C)CC2)c1. The Labute approximate surface area is 128 Å². The van der Waals surface area contributed by atoms with Crippen molar-refractivity contribution in [1.82, 2.24) is 4.98 Å². The molecule has 0 bridgehead atoms. The maximum Gasteiger partial charge on any atom is 0.0819 e. The van der Waals surface area contributed by atoms with E-state index in [2.05, 4.69) is 42.5 Å². The van der Waals surface area contributed by atoms with E-state index in [4.69, 9.17) is 0 Å². The lowest BCUT2D eigenvalue weighted by molar-refractivity contribution is -0.0145. The van der Waals surface area contributed by atoms with Crippen molar-refractivity contribution in [2.24, 2.45) is 5.41 Å². The molecule has 4 nitrogen and oxygen atoms in total. The van der Waals surface area contributed by atoms with Crippen LogP contribution < -0.4 is 10.6 Å². The van der Waals surface area contributed by atoms with Crippen molar-refractivity contribution in [2.45, 2.75) is 58.5 Å². The van der Waals surface area contributed by atoms with Crippen LogP contribution >= 0.6 is 0 Å². The number of rotatable bonds is 6. The van der Waals surface area contributed by atoms with Crippen LogP contribution in [0, 0.1) is 5.41 Å². The number of anilines is 2. The number of nitrogens with zero attached hydrogens (tertiary/aromatic N) is 1. The normalized spacial score (nSPS) is 20.0. The molecule has 0 amide bonds. The minimum absolute atomic E-state index is 0.373. The minimum atomic E-state index is -0.581. The van der Waals surface area contributed by atoms with Crippen LogP contribution in [0.15, 0.2) is 18.5 Å². The topological polar surface area (TPSA) is 57.2 Å². The van der Waals surface area contributed by atoms with E-state index in [0.29, 0.717) is 12.0 Å². The van der Waals surface area contributed by atoms with Crippen LogP contribution in [-0.4, -0.2) is 28.8 Å². The first-order valence-electron chi connectivity index (χ1n) is 8.08. The van der Waals surface area contributed by atoms with Crippen molar-refractivity contribution in [1.29, 1.82) is 0 Å². The molecule has 0 unspecified atom stereocenters. The van der Waals surface area contributed by atoms with Crippen LogP contribution in [0.3, 0.4) is 0 Å². The molecule has 21 heavy (non-hydrogen) atoms. The van der Waals surface area contributed by atoms with E-state index in [0.717, 1.165) is 50.0 Å². The minimum Gasteiger partial charge on any atom is -0.388 e. The first-order valence-corrected chi connectivity index (χ1v) is 8.08.